The lowest BCUT2D eigenvalue weighted by atomic mass is 10.1. The molecule has 3 aliphatic rings. The second kappa shape index (κ2) is 7.93. The van der Waals surface area contributed by atoms with Crippen molar-refractivity contribution in [3.05, 3.63) is 47.8 Å². The SMILES string of the molecule is COc1ccc(NC(=O)C2CC(=O)N(c3ccc4c(c3)CCN4C(=O)C3CC3)C2)cc1F. The van der Waals surface area contributed by atoms with Crippen molar-refractivity contribution >= 4 is 34.8 Å². The van der Waals surface area contributed by atoms with Crippen LogP contribution in [0, 0.1) is 17.7 Å². The zero-order valence-electron chi connectivity index (χ0n) is 17.8. The van der Waals surface area contributed by atoms with Crippen LogP contribution in [0.25, 0.3) is 0 Å². The number of hydrogen-bond donors (Lipinski definition) is 1. The smallest absolute Gasteiger partial charge is 0.230 e. The molecule has 7 nitrogen and oxygen atoms in total. The highest BCUT2D eigenvalue weighted by Crippen LogP contribution is 2.38. The third-order valence-electron chi connectivity index (χ3n) is 6.38. The Bertz CT molecular complexity index is 1110. The first-order chi connectivity index (χ1) is 15.4. The van der Waals surface area contributed by atoms with Crippen molar-refractivity contribution < 1.29 is 23.5 Å². The predicted molar refractivity (Wildman–Crippen MR) is 117 cm³/mol. The number of fused-ring (bicyclic) bond motifs is 1. The van der Waals surface area contributed by atoms with Gasteiger partial charge in [-0.2, -0.15) is 0 Å². The van der Waals surface area contributed by atoms with Crippen LogP contribution in [-0.2, 0) is 20.8 Å². The second-order valence-electron chi connectivity index (χ2n) is 8.57. The van der Waals surface area contributed by atoms with E-state index in [2.05, 4.69) is 5.32 Å². The van der Waals surface area contributed by atoms with Gasteiger partial charge in [0.05, 0.1) is 13.0 Å². The van der Waals surface area contributed by atoms with E-state index in [0.717, 1.165) is 36.2 Å². The first kappa shape index (κ1) is 20.5. The highest BCUT2D eigenvalue weighted by atomic mass is 19.1. The molecule has 1 aliphatic carbocycles. The first-order valence-corrected chi connectivity index (χ1v) is 10.8. The van der Waals surface area contributed by atoms with Gasteiger partial charge in [-0.3, -0.25) is 14.4 Å². The summed E-state index contributed by atoms with van der Waals surface area (Å²) < 4.78 is 18.8. The van der Waals surface area contributed by atoms with Crippen molar-refractivity contribution in [3.63, 3.8) is 0 Å². The minimum absolute atomic E-state index is 0.0911. The summed E-state index contributed by atoms with van der Waals surface area (Å²) in [5.74, 6) is -1.10. The molecule has 166 valence electrons. The Hall–Kier alpha value is -3.42. The predicted octanol–water partition coefficient (Wildman–Crippen LogP) is 3.13. The normalized spacial score (nSPS) is 19.8. The fourth-order valence-electron chi connectivity index (χ4n) is 4.46. The van der Waals surface area contributed by atoms with Gasteiger partial charge in [-0.25, -0.2) is 4.39 Å². The molecule has 2 heterocycles. The molecule has 1 N–H and O–H groups in total. The second-order valence-corrected chi connectivity index (χ2v) is 8.57. The van der Waals surface area contributed by atoms with Gasteiger partial charge in [0.2, 0.25) is 17.7 Å². The first-order valence-electron chi connectivity index (χ1n) is 10.8. The lowest BCUT2D eigenvalue weighted by Gasteiger charge is -2.20. The maximum Gasteiger partial charge on any atom is 0.230 e. The Labute approximate surface area is 185 Å². The van der Waals surface area contributed by atoms with Gasteiger partial charge in [0.25, 0.3) is 0 Å². The van der Waals surface area contributed by atoms with Crippen molar-refractivity contribution in [3.8, 4) is 5.75 Å². The minimum Gasteiger partial charge on any atom is -0.494 e. The van der Waals surface area contributed by atoms with Gasteiger partial charge in [0, 0.05) is 48.6 Å². The topological polar surface area (TPSA) is 79.0 Å². The van der Waals surface area contributed by atoms with Gasteiger partial charge in [-0.1, -0.05) is 0 Å². The minimum atomic E-state index is -0.568. The van der Waals surface area contributed by atoms with E-state index in [1.54, 1.807) is 11.0 Å². The Morgan fingerprint density at radius 2 is 1.94 bits per heavy atom. The molecule has 2 aliphatic heterocycles. The number of ether oxygens (including phenoxy) is 1. The van der Waals surface area contributed by atoms with Gasteiger partial charge >= 0.3 is 0 Å². The Balaban J connectivity index is 1.27. The average molecular weight is 437 g/mol. The maximum atomic E-state index is 13.9. The number of nitrogens with zero attached hydrogens (tertiary/aromatic N) is 2. The van der Waals surface area contributed by atoms with Gasteiger partial charge in [0.15, 0.2) is 11.6 Å². The molecular formula is C24H24FN3O4. The van der Waals surface area contributed by atoms with Crippen molar-refractivity contribution in [2.45, 2.75) is 25.7 Å². The summed E-state index contributed by atoms with van der Waals surface area (Å²) in [6.07, 6.45) is 2.79. The molecule has 2 aromatic rings. The van der Waals surface area contributed by atoms with E-state index in [9.17, 15) is 18.8 Å². The summed E-state index contributed by atoms with van der Waals surface area (Å²) in [5.41, 5.74) is 3.02. The molecule has 3 amide bonds. The van der Waals surface area contributed by atoms with Crippen molar-refractivity contribution in [1.29, 1.82) is 0 Å². The number of rotatable bonds is 5. The molecule has 32 heavy (non-hydrogen) atoms. The number of hydrogen-bond acceptors (Lipinski definition) is 4. The van der Waals surface area contributed by atoms with Crippen molar-refractivity contribution in [1.82, 2.24) is 0 Å². The van der Waals surface area contributed by atoms with Crippen LogP contribution >= 0.6 is 0 Å². The molecule has 2 fully saturated rings. The number of methoxy groups -OCH3 is 1. The van der Waals surface area contributed by atoms with E-state index in [1.807, 2.05) is 23.1 Å². The zero-order chi connectivity index (χ0) is 22.4. The van der Waals surface area contributed by atoms with Gasteiger partial charge in [-0.15, -0.1) is 0 Å². The van der Waals surface area contributed by atoms with Crippen LogP contribution in [0.3, 0.4) is 0 Å². The summed E-state index contributed by atoms with van der Waals surface area (Å²) >= 11 is 0. The fraction of sp³-hybridized carbons (Fsp3) is 0.375. The Morgan fingerprint density at radius 1 is 1.12 bits per heavy atom. The molecule has 1 unspecified atom stereocenters. The van der Waals surface area contributed by atoms with Crippen LogP contribution in [-0.4, -0.2) is 37.9 Å². The quantitative estimate of drug-likeness (QED) is 0.780. The number of carbonyl (C=O) groups is 3. The zero-order valence-corrected chi connectivity index (χ0v) is 17.8. The summed E-state index contributed by atoms with van der Waals surface area (Å²) in [5, 5.41) is 2.69. The molecule has 1 saturated carbocycles. The highest BCUT2D eigenvalue weighted by Gasteiger charge is 2.38. The van der Waals surface area contributed by atoms with Crippen LogP contribution in [0.5, 0.6) is 5.75 Å². The van der Waals surface area contributed by atoms with Crippen molar-refractivity contribution in [2.75, 3.05) is 35.3 Å². The number of halogens is 1. The molecule has 0 bridgehead atoms. The van der Waals surface area contributed by atoms with E-state index in [0.29, 0.717) is 12.2 Å². The molecular weight excluding hydrogens is 413 g/mol. The third kappa shape index (κ3) is 3.70. The highest BCUT2D eigenvalue weighted by molar-refractivity contribution is 6.04. The molecule has 0 radical (unpaired) electrons. The van der Waals surface area contributed by atoms with Crippen LogP contribution in [0.1, 0.15) is 24.8 Å². The number of nitrogens with one attached hydrogen (secondary N) is 1. The Morgan fingerprint density at radius 3 is 2.66 bits per heavy atom. The van der Waals surface area contributed by atoms with Crippen molar-refractivity contribution in [2.24, 2.45) is 11.8 Å². The van der Waals surface area contributed by atoms with Crippen LogP contribution in [0.2, 0.25) is 0 Å². The standard InChI is InChI=1S/C24H24FN3O4/c1-32-21-7-4-17(12-19(21)25)26-23(30)16-11-22(29)28(13-16)18-5-6-20-15(10-18)8-9-27(20)24(31)14-2-3-14/h4-7,10,12,14,16H,2-3,8-9,11,13H2,1H3,(H,26,30). The molecule has 8 heteroatoms. The number of anilines is 3. The van der Waals surface area contributed by atoms with Crippen LogP contribution in [0.15, 0.2) is 36.4 Å². The van der Waals surface area contributed by atoms with E-state index in [-0.39, 0.29) is 42.4 Å². The summed E-state index contributed by atoms with van der Waals surface area (Å²) in [6, 6.07) is 9.89. The van der Waals surface area contributed by atoms with E-state index >= 15 is 0 Å². The third-order valence-corrected chi connectivity index (χ3v) is 6.38. The monoisotopic (exact) mass is 437 g/mol. The number of amides is 3. The van der Waals surface area contributed by atoms with E-state index in [1.165, 1.54) is 19.2 Å². The lowest BCUT2D eigenvalue weighted by Crippen LogP contribution is -2.30. The largest absolute Gasteiger partial charge is 0.494 e. The van der Waals surface area contributed by atoms with Gasteiger partial charge in [-0.05, 0) is 55.2 Å². The number of benzene rings is 2. The fourth-order valence-corrected chi connectivity index (χ4v) is 4.46. The molecule has 2 aromatic carbocycles. The summed E-state index contributed by atoms with van der Waals surface area (Å²) in [7, 11) is 1.37. The molecule has 0 spiro atoms. The maximum absolute atomic E-state index is 13.9. The lowest BCUT2D eigenvalue weighted by molar-refractivity contribution is -0.122. The van der Waals surface area contributed by atoms with E-state index < -0.39 is 11.7 Å². The Kier molecular flexibility index (Phi) is 5.07. The summed E-state index contributed by atoms with van der Waals surface area (Å²) in [4.78, 5) is 41.3. The van der Waals surface area contributed by atoms with Gasteiger partial charge in [0.1, 0.15) is 0 Å². The van der Waals surface area contributed by atoms with Crippen LogP contribution in [0.4, 0.5) is 21.5 Å². The molecule has 0 aromatic heterocycles. The summed E-state index contributed by atoms with van der Waals surface area (Å²) in [6.45, 7) is 0.929. The van der Waals surface area contributed by atoms with Crippen LogP contribution < -0.4 is 19.9 Å². The average Bonchev–Trinajstić information content (AvgIpc) is 3.43. The van der Waals surface area contributed by atoms with Gasteiger partial charge < -0.3 is 19.9 Å². The molecule has 5 rings (SSSR count). The van der Waals surface area contributed by atoms with E-state index in [4.69, 9.17) is 4.74 Å². The molecule has 1 saturated heterocycles. The molecule has 1 atom stereocenters. The number of carbonyl (C=O) groups excluding carboxylic acids is 3.